The summed E-state index contributed by atoms with van der Waals surface area (Å²) in [6.07, 6.45) is 9.60. The second kappa shape index (κ2) is 7.47. The van der Waals surface area contributed by atoms with Crippen LogP contribution in [-0.2, 0) is 6.42 Å². The van der Waals surface area contributed by atoms with Crippen molar-refractivity contribution < 1.29 is 0 Å². The minimum atomic E-state index is 1.26. The van der Waals surface area contributed by atoms with E-state index in [0.717, 1.165) is 0 Å². The van der Waals surface area contributed by atoms with Crippen LogP contribution in [0.3, 0.4) is 0 Å². The van der Waals surface area contributed by atoms with Crippen LogP contribution in [0.25, 0.3) is 0 Å². The minimum absolute atomic E-state index is 1.26. The van der Waals surface area contributed by atoms with Gasteiger partial charge in [0.2, 0.25) is 0 Å². The Morgan fingerprint density at radius 1 is 1.14 bits per heavy atom. The van der Waals surface area contributed by atoms with E-state index in [-0.39, 0.29) is 0 Å². The molecule has 0 spiro atoms. The van der Waals surface area contributed by atoms with Gasteiger partial charge in [-0.1, -0.05) is 39.0 Å². The van der Waals surface area contributed by atoms with Gasteiger partial charge in [0.05, 0.1) is 3.79 Å². The summed E-state index contributed by atoms with van der Waals surface area (Å²) >= 11 is 5.29. The van der Waals surface area contributed by atoms with Gasteiger partial charge in [-0.15, -0.1) is 11.3 Å². The molecule has 80 valence electrons. The van der Waals surface area contributed by atoms with Gasteiger partial charge >= 0.3 is 0 Å². The number of unbranched alkanes of at least 4 members (excludes halogenated alkanes) is 5. The zero-order valence-corrected chi connectivity index (χ0v) is 11.3. The smallest absolute Gasteiger partial charge is 0.0701 e. The van der Waals surface area contributed by atoms with Crippen LogP contribution in [0.4, 0.5) is 0 Å². The Balaban J connectivity index is 1.99. The average Bonchev–Trinajstić information content (AvgIpc) is 2.58. The first-order valence-corrected chi connectivity index (χ1v) is 7.23. The van der Waals surface area contributed by atoms with Crippen LogP contribution in [0, 0.1) is 0 Å². The predicted molar refractivity (Wildman–Crippen MR) is 69.1 cm³/mol. The van der Waals surface area contributed by atoms with Gasteiger partial charge in [-0.25, -0.2) is 0 Å². The zero-order valence-electron chi connectivity index (χ0n) is 8.89. The molecule has 1 rings (SSSR count). The maximum Gasteiger partial charge on any atom is 0.0701 e. The molecule has 0 bridgehead atoms. The Hall–Kier alpha value is 0.180. The van der Waals surface area contributed by atoms with Gasteiger partial charge in [0.1, 0.15) is 0 Å². The molecule has 0 aliphatic carbocycles. The third-order valence-corrected chi connectivity index (χ3v) is 3.99. The highest BCUT2D eigenvalue weighted by molar-refractivity contribution is 9.11. The molecule has 0 aliphatic rings. The highest BCUT2D eigenvalue weighted by Crippen LogP contribution is 2.22. The largest absolute Gasteiger partial charge is 0.137 e. The van der Waals surface area contributed by atoms with Gasteiger partial charge in [-0.05, 0) is 45.8 Å². The molecule has 1 aromatic rings. The normalized spacial score (nSPS) is 10.7. The second-order valence-corrected chi connectivity index (χ2v) is 6.07. The third kappa shape index (κ3) is 5.16. The molecule has 0 N–H and O–H groups in total. The molecule has 14 heavy (non-hydrogen) atoms. The summed E-state index contributed by atoms with van der Waals surface area (Å²) in [5.41, 5.74) is 1.50. The predicted octanol–water partition coefficient (Wildman–Crippen LogP) is 5.41. The first kappa shape index (κ1) is 12.3. The summed E-state index contributed by atoms with van der Waals surface area (Å²) in [4.78, 5) is 0. The molecule has 0 unspecified atom stereocenters. The number of rotatable bonds is 7. The topological polar surface area (TPSA) is 0 Å². The van der Waals surface area contributed by atoms with Crippen molar-refractivity contribution in [3.8, 4) is 0 Å². The molecule has 1 heterocycles. The number of hydrogen-bond acceptors (Lipinski definition) is 1. The molecular weight excluding hydrogens is 256 g/mol. The van der Waals surface area contributed by atoms with Crippen molar-refractivity contribution in [3.05, 3.63) is 20.8 Å². The highest BCUT2D eigenvalue weighted by atomic mass is 79.9. The molecule has 0 radical (unpaired) electrons. The summed E-state index contributed by atoms with van der Waals surface area (Å²) in [5, 5.41) is 2.26. The standard InChI is InChI=1S/C12H19BrS/c1-2-3-4-5-6-7-8-11-9-12(13)14-10-11/h9-10H,2-8H2,1H3. The van der Waals surface area contributed by atoms with Crippen molar-refractivity contribution >= 4 is 27.3 Å². The van der Waals surface area contributed by atoms with Crippen molar-refractivity contribution in [2.24, 2.45) is 0 Å². The molecule has 0 aliphatic heterocycles. The maximum absolute atomic E-state index is 3.49. The molecule has 1 aromatic heterocycles. The van der Waals surface area contributed by atoms with Crippen LogP contribution in [0.15, 0.2) is 15.2 Å². The quantitative estimate of drug-likeness (QED) is 0.583. The fourth-order valence-corrected chi connectivity index (χ4v) is 2.83. The summed E-state index contributed by atoms with van der Waals surface area (Å²) in [6, 6.07) is 2.25. The third-order valence-electron chi connectivity index (χ3n) is 2.44. The monoisotopic (exact) mass is 274 g/mol. The molecule has 0 aromatic carbocycles. The Morgan fingerprint density at radius 2 is 1.86 bits per heavy atom. The van der Waals surface area contributed by atoms with Gasteiger partial charge in [0, 0.05) is 0 Å². The van der Waals surface area contributed by atoms with Crippen LogP contribution in [0.2, 0.25) is 0 Å². The van der Waals surface area contributed by atoms with Crippen molar-refractivity contribution in [2.75, 3.05) is 0 Å². The second-order valence-electron chi connectivity index (χ2n) is 3.78. The fourth-order valence-electron chi connectivity index (χ4n) is 1.59. The fraction of sp³-hybridized carbons (Fsp3) is 0.667. The van der Waals surface area contributed by atoms with Gasteiger partial charge in [-0.2, -0.15) is 0 Å². The van der Waals surface area contributed by atoms with Crippen LogP contribution < -0.4 is 0 Å². The summed E-state index contributed by atoms with van der Waals surface area (Å²) in [6.45, 7) is 2.27. The van der Waals surface area contributed by atoms with Crippen molar-refractivity contribution in [1.29, 1.82) is 0 Å². The van der Waals surface area contributed by atoms with Gasteiger partial charge < -0.3 is 0 Å². The average molecular weight is 275 g/mol. The minimum Gasteiger partial charge on any atom is -0.137 e. The molecule has 0 amide bonds. The highest BCUT2D eigenvalue weighted by Gasteiger charge is 1.96. The number of thiophene rings is 1. The van der Waals surface area contributed by atoms with Crippen molar-refractivity contribution in [2.45, 2.75) is 51.9 Å². The van der Waals surface area contributed by atoms with Gasteiger partial charge in [0.15, 0.2) is 0 Å². The molecule has 0 nitrogen and oxygen atoms in total. The van der Waals surface area contributed by atoms with Crippen molar-refractivity contribution in [3.63, 3.8) is 0 Å². The SMILES string of the molecule is CCCCCCCCc1csc(Br)c1. The van der Waals surface area contributed by atoms with Crippen molar-refractivity contribution in [1.82, 2.24) is 0 Å². The number of aryl methyl sites for hydroxylation is 1. The lowest BCUT2D eigenvalue weighted by molar-refractivity contribution is 0.608. The first-order chi connectivity index (χ1) is 6.83. The molecule has 0 atom stereocenters. The Bertz CT molecular complexity index is 242. The van der Waals surface area contributed by atoms with E-state index in [9.17, 15) is 0 Å². The Kier molecular flexibility index (Phi) is 6.54. The summed E-state index contributed by atoms with van der Waals surface area (Å²) < 4.78 is 1.26. The van der Waals surface area contributed by atoms with E-state index in [0.29, 0.717) is 0 Å². The number of hydrogen-bond donors (Lipinski definition) is 0. The zero-order chi connectivity index (χ0) is 10.2. The van der Waals surface area contributed by atoms with Crippen LogP contribution >= 0.6 is 27.3 Å². The molecule has 0 saturated carbocycles. The van der Waals surface area contributed by atoms with E-state index in [4.69, 9.17) is 0 Å². The van der Waals surface area contributed by atoms with E-state index < -0.39 is 0 Å². The van der Waals surface area contributed by atoms with Gasteiger partial charge in [0.25, 0.3) is 0 Å². The molecule has 2 heteroatoms. The Morgan fingerprint density at radius 3 is 2.50 bits per heavy atom. The number of halogens is 1. The Labute approximate surface area is 99.9 Å². The molecule has 0 fully saturated rings. The lowest BCUT2D eigenvalue weighted by Crippen LogP contribution is -1.83. The van der Waals surface area contributed by atoms with Crippen LogP contribution in [0.5, 0.6) is 0 Å². The lowest BCUT2D eigenvalue weighted by Gasteiger charge is -1.99. The van der Waals surface area contributed by atoms with E-state index in [2.05, 4.69) is 34.3 Å². The van der Waals surface area contributed by atoms with Crippen LogP contribution in [0.1, 0.15) is 51.0 Å². The molecular formula is C12H19BrS. The van der Waals surface area contributed by atoms with E-state index in [1.807, 2.05) is 0 Å². The molecule has 0 saturated heterocycles. The first-order valence-electron chi connectivity index (χ1n) is 5.56. The lowest BCUT2D eigenvalue weighted by atomic mass is 10.1. The van der Waals surface area contributed by atoms with E-state index in [1.165, 1.54) is 54.3 Å². The summed E-state index contributed by atoms with van der Waals surface area (Å²) in [7, 11) is 0. The van der Waals surface area contributed by atoms with Crippen LogP contribution in [-0.4, -0.2) is 0 Å². The van der Waals surface area contributed by atoms with E-state index in [1.54, 1.807) is 11.3 Å². The van der Waals surface area contributed by atoms with Gasteiger partial charge in [-0.3, -0.25) is 0 Å². The summed E-state index contributed by atoms with van der Waals surface area (Å²) in [5.74, 6) is 0. The van der Waals surface area contributed by atoms with E-state index >= 15 is 0 Å². The maximum atomic E-state index is 3.49.